The second kappa shape index (κ2) is 2.30. The molecule has 2 rings (SSSR count). The fourth-order valence-corrected chi connectivity index (χ4v) is 1.48. The van der Waals surface area contributed by atoms with E-state index in [9.17, 15) is 0 Å². The van der Waals surface area contributed by atoms with E-state index in [1.165, 1.54) is 5.69 Å². The predicted molar refractivity (Wildman–Crippen MR) is 41.0 cm³/mol. The van der Waals surface area contributed by atoms with Crippen molar-refractivity contribution in [1.29, 1.82) is 0 Å². The Morgan fingerprint density at radius 3 is 3.00 bits per heavy atom. The maximum atomic E-state index is 4.08. The topological polar surface area (TPSA) is 34.0 Å². The Hall–Kier alpha value is -0.900. The van der Waals surface area contributed by atoms with Gasteiger partial charge in [0.15, 0.2) is 0 Å². The summed E-state index contributed by atoms with van der Waals surface area (Å²) >= 11 is 0. The van der Waals surface area contributed by atoms with Crippen LogP contribution in [0, 0.1) is 0 Å². The van der Waals surface area contributed by atoms with E-state index in [-0.39, 0.29) is 0 Å². The average molecular weight is 152 g/mol. The minimum Gasteiger partial charge on any atom is -0.300 e. The Morgan fingerprint density at radius 2 is 2.18 bits per heavy atom. The fourth-order valence-electron chi connectivity index (χ4n) is 1.48. The summed E-state index contributed by atoms with van der Waals surface area (Å²) in [5, 5.41) is 8.05. The van der Waals surface area contributed by atoms with E-state index in [1.54, 1.807) is 0 Å². The lowest BCUT2D eigenvalue weighted by Gasteiger charge is -2.20. The zero-order valence-corrected chi connectivity index (χ0v) is 6.91. The molecule has 2 heterocycles. The molecule has 4 nitrogen and oxygen atoms in total. The Bertz CT molecular complexity index is 265. The Balaban J connectivity index is 2.36. The second-order valence-corrected chi connectivity index (χ2v) is 3.09. The molecular formula is C7H12N4. The van der Waals surface area contributed by atoms with Crippen molar-refractivity contribution in [2.75, 3.05) is 13.6 Å². The lowest BCUT2D eigenvalue weighted by molar-refractivity contribution is 0.305. The Morgan fingerprint density at radius 1 is 1.36 bits per heavy atom. The summed E-state index contributed by atoms with van der Waals surface area (Å²) in [6, 6.07) is 0. The van der Waals surface area contributed by atoms with Crippen LogP contribution in [0.4, 0.5) is 0 Å². The van der Waals surface area contributed by atoms with Crippen molar-refractivity contribution in [2.45, 2.75) is 13.0 Å². The molecule has 1 aromatic heterocycles. The molecule has 60 valence electrons. The van der Waals surface area contributed by atoms with Crippen LogP contribution in [0.15, 0.2) is 0 Å². The highest BCUT2D eigenvalue weighted by molar-refractivity contribution is 5.12. The number of aryl methyl sites for hydroxylation is 1. The average Bonchev–Trinajstić information content (AvgIpc) is 2.32. The molecule has 0 amide bonds. The zero-order chi connectivity index (χ0) is 7.84. The molecule has 0 radical (unpaired) electrons. The fraction of sp³-hybridized carbons (Fsp3) is 0.714. The van der Waals surface area contributed by atoms with Gasteiger partial charge in [-0.25, -0.2) is 0 Å². The molecule has 0 unspecified atom stereocenters. The van der Waals surface area contributed by atoms with Gasteiger partial charge in [-0.15, -0.1) is 5.10 Å². The van der Waals surface area contributed by atoms with Gasteiger partial charge in [0.1, 0.15) is 0 Å². The van der Waals surface area contributed by atoms with Gasteiger partial charge in [0, 0.05) is 26.6 Å². The highest BCUT2D eigenvalue weighted by Gasteiger charge is 2.17. The van der Waals surface area contributed by atoms with Crippen LogP contribution in [0.1, 0.15) is 11.4 Å². The molecule has 0 atom stereocenters. The molecule has 4 heteroatoms. The molecule has 0 saturated heterocycles. The van der Waals surface area contributed by atoms with Crippen LogP contribution in [0.5, 0.6) is 0 Å². The summed E-state index contributed by atoms with van der Waals surface area (Å²) < 4.78 is 1.88. The molecule has 0 saturated carbocycles. The summed E-state index contributed by atoms with van der Waals surface area (Å²) in [5.74, 6) is 0. The van der Waals surface area contributed by atoms with Crippen LogP contribution in [0.2, 0.25) is 0 Å². The lowest BCUT2D eigenvalue weighted by atomic mass is 10.1. The van der Waals surface area contributed by atoms with Crippen molar-refractivity contribution in [3.05, 3.63) is 11.4 Å². The van der Waals surface area contributed by atoms with Crippen molar-refractivity contribution in [1.82, 2.24) is 19.9 Å². The SMILES string of the molecule is CN1CCc2c(nnn2C)C1. The molecule has 0 fully saturated rings. The van der Waals surface area contributed by atoms with E-state index in [0.29, 0.717) is 0 Å². The standard InChI is InChI=1S/C7H12N4/c1-10-4-3-7-6(5-10)8-9-11(7)2/h3-5H2,1-2H3. The van der Waals surface area contributed by atoms with Crippen molar-refractivity contribution < 1.29 is 0 Å². The number of fused-ring (bicyclic) bond motifs is 1. The summed E-state index contributed by atoms with van der Waals surface area (Å²) in [5.41, 5.74) is 2.43. The highest BCUT2D eigenvalue weighted by atomic mass is 15.4. The number of aromatic nitrogens is 3. The van der Waals surface area contributed by atoms with E-state index in [1.807, 2.05) is 11.7 Å². The lowest BCUT2D eigenvalue weighted by Crippen LogP contribution is -2.27. The number of rotatable bonds is 0. The molecule has 0 N–H and O–H groups in total. The van der Waals surface area contributed by atoms with Gasteiger partial charge in [-0.3, -0.25) is 4.68 Å². The summed E-state index contributed by atoms with van der Waals surface area (Å²) in [6.45, 7) is 2.07. The molecule has 0 spiro atoms. The van der Waals surface area contributed by atoms with Crippen molar-refractivity contribution in [2.24, 2.45) is 7.05 Å². The summed E-state index contributed by atoms with van der Waals surface area (Å²) in [6.07, 6.45) is 1.08. The van der Waals surface area contributed by atoms with Crippen LogP contribution in [-0.4, -0.2) is 33.5 Å². The Labute approximate surface area is 65.8 Å². The van der Waals surface area contributed by atoms with Gasteiger partial charge in [0.2, 0.25) is 0 Å². The van der Waals surface area contributed by atoms with Crippen molar-refractivity contribution >= 4 is 0 Å². The van der Waals surface area contributed by atoms with E-state index in [4.69, 9.17) is 0 Å². The van der Waals surface area contributed by atoms with Gasteiger partial charge in [0.05, 0.1) is 11.4 Å². The minimum absolute atomic E-state index is 0.948. The van der Waals surface area contributed by atoms with E-state index in [2.05, 4.69) is 22.3 Å². The number of hydrogen-bond donors (Lipinski definition) is 0. The number of nitrogens with zero attached hydrogens (tertiary/aromatic N) is 4. The molecule has 1 aromatic rings. The molecule has 1 aliphatic rings. The maximum Gasteiger partial charge on any atom is 0.0999 e. The van der Waals surface area contributed by atoms with Crippen molar-refractivity contribution in [3.63, 3.8) is 0 Å². The molecule has 0 aromatic carbocycles. The van der Waals surface area contributed by atoms with E-state index in [0.717, 1.165) is 25.2 Å². The van der Waals surface area contributed by atoms with Gasteiger partial charge >= 0.3 is 0 Å². The number of hydrogen-bond acceptors (Lipinski definition) is 3. The second-order valence-electron chi connectivity index (χ2n) is 3.09. The van der Waals surface area contributed by atoms with E-state index >= 15 is 0 Å². The van der Waals surface area contributed by atoms with Crippen LogP contribution >= 0.6 is 0 Å². The smallest absolute Gasteiger partial charge is 0.0999 e. The monoisotopic (exact) mass is 152 g/mol. The van der Waals surface area contributed by atoms with Crippen molar-refractivity contribution in [3.8, 4) is 0 Å². The van der Waals surface area contributed by atoms with Gasteiger partial charge in [-0.1, -0.05) is 5.21 Å². The third-order valence-corrected chi connectivity index (χ3v) is 2.17. The van der Waals surface area contributed by atoms with Crippen LogP contribution in [0.25, 0.3) is 0 Å². The minimum atomic E-state index is 0.948. The third kappa shape index (κ3) is 1.03. The normalized spacial score (nSPS) is 18.4. The molecule has 1 aliphatic heterocycles. The Kier molecular flexibility index (Phi) is 1.42. The first kappa shape index (κ1) is 6.79. The number of likely N-dealkylation sites (N-methyl/N-ethyl adjacent to an activating group) is 1. The molecular weight excluding hydrogens is 140 g/mol. The summed E-state index contributed by atoms with van der Waals surface area (Å²) in [4.78, 5) is 2.26. The summed E-state index contributed by atoms with van der Waals surface area (Å²) in [7, 11) is 4.06. The van der Waals surface area contributed by atoms with Crippen LogP contribution in [-0.2, 0) is 20.0 Å². The van der Waals surface area contributed by atoms with Gasteiger partial charge in [-0.2, -0.15) is 0 Å². The maximum absolute atomic E-state index is 4.08. The molecule has 0 aliphatic carbocycles. The first-order valence-electron chi connectivity index (χ1n) is 3.83. The zero-order valence-electron chi connectivity index (χ0n) is 6.91. The molecule has 11 heavy (non-hydrogen) atoms. The van der Waals surface area contributed by atoms with Crippen LogP contribution < -0.4 is 0 Å². The van der Waals surface area contributed by atoms with Gasteiger partial charge in [0.25, 0.3) is 0 Å². The van der Waals surface area contributed by atoms with Crippen LogP contribution in [0.3, 0.4) is 0 Å². The quantitative estimate of drug-likeness (QED) is 0.516. The third-order valence-electron chi connectivity index (χ3n) is 2.17. The van der Waals surface area contributed by atoms with Gasteiger partial charge in [-0.05, 0) is 7.05 Å². The molecule has 0 bridgehead atoms. The largest absolute Gasteiger partial charge is 0.300 e. The van der Waals surface area contributed by atoms with Gasteiger partial charge < -0.3 is 4.90 Å². The highest BCUT2D eigenvalue weighted by Crippen LogP contribution is 2.13. The first-order chi connectivity index (χ1) is 5.27. The van der Waals surface area contributed by atoms with E-state index < -0.39 is 0 Å². The predicted octanol–water partition coefficient (Wildman–Crippen LogP) is -0.197. The first-order valence-corrected chi connectivity index (χ1v) is 3.83.